The molecule has 1 saturated carbocycles. The lowest BCUT2D eigenvalue weighted by molar-refractivity contribution is -0.160. The van der Waals surface area contributed by atoms with Crippen molar-refractivity contribution in [2.75, 3.05) is 12.3 Å². The Morgan fingerprint density at radius 1 is 1.08 bits per heavy atom. The summed E-state index contributed by atoms with van der Waals surface area (Å²) in [6, 6.07) is 1.56. The second kappa shape index (κ2) is 14.1. The van der Waals surface area contributed by atoms with E-state index >= 15 is 0 Å². The summed E-state index contributed by atoms with van der Waals surface area (Å²) >= 11 is 0. The summed E-state index contributed by atoms with van der Waals surface area (Å²) in [5.41, 5.74) is -0.212. The van der Waals surface area contributed by atoms with Crippen LogP contribution >= 0.6 is 0 Å². The number of pyridine rings is 1. The number of ketones is 1. The van der Waals surface area contributed by atoms with Crippen molar-refractivity contribution in [3.8, 4) is 0 Å². The molecule has 1 aromatic heterocycles. The summed E-state index contributed by atoms with van der Waals surface area (Å²) in [7, 11) is -4.18. The van der Waals surface area contributed by atoms with E-state index in [0.717, 1.165) is 24.3 Å². The molecule has 0 radical (unpaired) electrons. The Labute approximate surface area is 223 Å². The number of rotatable bonds is 12. The van der Waals surface area contributed by atoms with Crippen molar-refractivity contribution in [3.05, 3.63) is 65.7 Å². The quantitative estimate of drug-likeness (QED) is 0.262. The first kappa shape index (κ1) is 31.8. The van der Waals surface area contributed by atoms with Gasteiger partial charge in [0.2, 0.25) is 11.7 Å². The second-order valence-electron chi connectivity index (χ2n) is 8.55. The first-order valence-electron chi connectivity index (χ1n) is 12.1. The largest absolute Gasteiger partial charge is 0.407 e. The Morgan fingerprint density at radius 3 is 2.26 bits per heavy atom. The minimum absolute atomic E-state index is 0.137. The zero-order chi connectivity index (χ0) is 29.2. The van der Waals surface area contributed by atoms with Crippen LogP contribution in [0.1, 0.15) is 43.9 Å². The molecule has 0 aliphatic heterocycles. The average Bonchev–Trinajstić information content (AvgIpc) is 3.70. The van der Waals surface area contributed by atoms with Crippen molar-refractivity contribution in [1.82, 2.24) is 20.9 Å². The number of benzene rings is 1. The molecule has 3 N–H and O–H groups in total. The number of sulfone groups is 1. The number of nitrogens with zero attached hydrogens (tertiary/aromatic N) is 1. The Balaban J connectivity index is 0.00000260. The number of carbonyl (C=O) groups is 3. The van der Waals surface area contributed by atoms with Gasteiger partial charge in [-0.05, 0) is 42.2 Å². The van der Waals surface area contributed by atoms with E-state index in [1.807, 2.05) is 24.5 Å². The minimum Gasteiger partial charge on any atom is -0.347 e. The van der Waals surface area contributed by atoms with Crippen LogP contribution in [0.2, 0.25) is 0 Å². The number of alkyl halides is 3. The third-order valence-electron chi connectivity index (χ3n) is 5.33. The smallest absolute Gasteiger partial charge is 0.347 e. The predicted molar refractivity (Wildman–Crippen MR) is 134 cm³/mol. The van der Waals surface area contributed by atoms with E-state index in [-0.39, 0.29) is 11.6 Å². The third-order valence-corrected chi connectivity index (χ3v) is 6.95. The molecular weight excluding hydrogens is 544 g/mol. The highest BCUT2D eigenvalue weighted by Crippen LogP contribution is 2.33. The highest BCUT2D eigenvalue weighted by molar-refractivity contribution is 7.90. The Kier molecular flexibility index (Phi) is 11.5. The van der Waals surface area contributed by atoms with Gasteiger partial charge in [0.1, 0.15) is 17.9 Å². The molecule has 2 unspecified atom stereocenters. The van der Waals surface area contributed by atoms with Crippen molar-refractivity contribution in [2.45, 2.75) is 56.7 Å². The fourth-order valence-corrected chi connectivity index (χ4v) is 4.90. The molecule has 0 saturated heterocycles. The lowest BCUT2D eigenvalue weighted by Gasteiger charge is -2.27. The van der Waals surface area contributed by atoms with E-state index in [0.29, 0.717) is 12.8 Å². The average molecular weight is 575 g/mol. The monoisotopic (exact) mass is 574 g/mol. The first-order valence-corrected chi connectivity index (χ1v) is 13.9. The Hall–Kier alpha value is -3.39. The van der Waals surface area contributed by atoms with E-state index < -0.39 is 75.1 Å². The van der Waals surface area contributed by atoms with Crippen molar-refractivity contribution in [3.63, 3.8) is 0 Å². The number of amides is 2. The third kappa shape index (κ3) is 10.7. The van der Waals surface area contributed by atoms with Gasteiger partial charge in [-0.15, -0.1) is 0 Å². The number of nitrogens with one attached hydrogen (secondary N) is 3. The molecule has 9 nitrogen and oxygen atoms in total. The molecule has 0 bridgehead atoms. The molecular formula is C25H30F4N4O5S. The number of Topliss-reactive ketones (excluding diaryl/α,β-unsaturated/α-hetero) is 1. The summed E-state index contributed by atoms with van der Waals surface area (Å²) in [5, 5.41) is 6.46. The van der Waals surface area contributed by atoms with Crippen LogP contribution in [-0.4, -0.2) is 61.6 Å². The van der Waals surface area contributed by atoms with E-state index in [2.05, 4.69) is 10.3 Å². The molecule has 14 heteroatoms. The van der Waals surface area contributed by atoms with Crippen LogP contribution in [0.3, 0.4) is 0 Å². The molecule has 1 aliphatic carbocycles. The van der Waals surface area contributed by atoms with Crippen molar-refractivity contribution in [1.29, 1.82) is 0 Å². The number of aromatic nitrogens is 1. The lowest BCUT2D eigenvalue weighted by atomic mass is 10.1. The van der Waals surface area contributed by atoms with Crippen LogP contribution in [0.25, 0.3) is 0 Å². The summed E-state index contributed by atoms with van der Waals surface area (Å²) in [6.07, 6.45) is -0.929. The van der Waals surface area contributed by atoms with Crippen molar-refractivity contribution < 1.29 is 40.4 Å². The molecule has 1 fully saturated rings. The van der Waals surface area contributed by atoms with Gasteiger partial charge in [-0.2, -0.15) is 13.2 Å². The number of hydrogen-bond acceptors (Lipinski definition) is 7. The molecule has 2 aromatic rings. The van der Waals surface area contributed by atoms with Gasteiger partial charge in [-0.1, -0.05) is 32.0 Å². The topological polar surface area (TPSA) is 134 Å². The van der Waals surface area contributed by atoms with Gasteiger partial charge in [0.15, 0.2) is 9.84 Å². The van der Waals surface area contributed by atoms with Crippen LogP contribution in [0, 0.1) is 5.82 Å². The Morgan fingerprint density at radius 2 is 1.72 bits per heavy atom. The lowest BCUT2D eigenvalue weighted by Crippen LogP contribution is -2.53. The van der Waals surface area contributed by atoms with Crippen LogP contribution in [0.15, 0.2) is 48.8 Å². The zero-order valence-electron chi connectivity index (χ0n) is 21.3. The predicted octanol–water partition coefficient (Wildman–Crippen LogP) is 2.39. The molecule has 2 atom stereocenters. The molecule has 3 rings (SSSR count). The van der Waals surface area contributed by atoms with Gasteiger partial charge >= 0.3 is 6.18 Å². The number of carbonyl (C=O) groups excluding carboxylic acids is 3. The van der Waals surface area contributed by atoms with E-state index in [1.54, 1.807) is 0 Å². The Bertz CT molecular complexity index is 1220. The molecule has 1 aromatic carbocycles. The van der Waals surface area contributed by atoms with Crippen molar-refractivity contribution >= 4 is 27.4 Å². The SMILES string of the molecule is CC.O=C(CNC(=O)C(CS(=O)(=O)Cc1cccnc1)NC(c1ccc(F)cc1)C(F)(F)F)C(=O)NC1CC1. The summed E-state index contributed by atoms with van der Waals surface area (Å²) in [6.45, 7) is 3.16. The van der Waals surface area contributed by atoms with Crippen LogP contribution in [0.5, 0.6) is 0 Å². The van der Waals surface area contributed by atoms with Gasteiger partial charge in [0.05, 0.1) is 18.1 Å². The zero-order valence-corrected chi connectivity index (χ0v) is 22.1. The van der Waals surface area contributed by atoms with E-state index in [9.17, 15) is 40.4 Å². The molecule has 2 amide bonds. The standard InChI is InChI=1S/C23H24F4N4O5S.C2H6/c24-16-5-3-15(4-6-16)20(23(25,26)27)31-18(13-37(35,36)12-14-2-1-9-28-10-14)21(33)29-11-19(32)22(34)30-17-7-8-17;1-2/h1-6,9-10,17-18,20,31H,7-8,11-13H2,(H,29,33)(H,30,34);1-2H3. The van der Waals surface area contributed by atoms with Gasteiger partial charge in [-0.3, -0.25) is 24.7 Å². The maximum atomic E-state index is 13.9. The molecule has 1 aliphatic rings. The summed E-state index contributed by atoms with van der Waals surface area (Å²) in [5.74, 6) is -5.70. The van der Waals surface area contributed by atoms with Crippen LogP contribution < -0.4 is 16.0 Å². The number of halogens is 4. The maximum absolute atomic E-state index is 13.9. The van der Waals surface area contributed by atoms with Crippen LogP contribution in [-0.2, 0) is 30.0 Å². The molecule has 39 heavy (non-hydrogen) atoms. The van der Waals surface area contributed by atoms with Gasteiger partial charge in [0, 0.05) is 18.4 Å². The fourth-order valence-electron chi connectivity index (χ4n) is 3.35. The van der Waals surface area contributed by atoms with Crippen molar-refractivity contribution in [2.24, 2.45) is 0 Å². The fraction of sp³-hybridized carbons (Fsp3) is 0.440. The molecule has 0 spiro atoms. The summed E-state index contributed by atoms with van der Waals surface area (Å²) < 4.78 is 80.6. The highest BCUT2D eigenvalue weighted by atomic mass is 32.2. The summed E-state index contributed by atoms with van der Waals surface area (Å²) in [4.78, 5) is 40.4. The van der Waals surface area contributed by atoms with Gasteiger partial charge in [-0.25, -0.2) is 12.8 Å². The van der Waals surface area contributed by atoms with E-state index in [1.165, 1.54) is 24.5 Å². The van der Waals surface area contributed by atoms with Crippen LogP contribution in [0.4, 0.5) is 17.6 Å². The number of hydrogen-bond donors (Lipinski definition) is 3. The van der Waals surface area contributed by atoms with Gasteiger partial charge < -0.3 is 10.6 Å². The normalized spacial score (nSPS) is 14.8. The van der Waals surface area contributed by atoms with E-state index in [4.69, 9.17) is 0 Å². The maximum Gasteiger partial charge on any atom is 0.407 e. The molecule has 1 heterocycles. The second-order valence-corrected chi connectivity index (χ2v) is 10.7. The minimum atomic E-state index is -5.00. The van der Waals surface area contributed by atoms with Gasteiger partial charge in [0.25, 0.3) is 5.91 Å². The molecule has 214 valence electrons. The first-order chi connectivity index (χ1) is 18.3. The highest BCUT2D eigenvalue weighted by Gasteiger charge is 2.43.